The van der Waals surface area contributed by atoms with Gasteiger partial charge in [-0.3, -0.25) is 0 Å². The summed E-state index contributed by atoms with van der Waals surface area (Å²) in [5, 5.41) is 7.13. The van der Waals surface area contributed by atoms with Crippen LogP contribution in [0.3, 0.4) is 0 Å². The molecule has 3 nitrogen and oxygen atoms in total. The predicted molar refractivity (Wildman–Crippen MR) is 59.3 cm³/mol. The van der Waals surface area contributed by atoms with Crippen molar-refractivity contribution < 1.29 is 4.52 Å². The van der Waals surface area contributed by atoms with Gasteiger partial charge in [0, 0.05) is 6.07 Å². The Labute approximate surface area is 91.2 Å². The zero-order valence-corrected chi connectivity index (χ0v) is 9.41. The summed E-state index contributed by atoms with van der Waals surface area (Å²) < 4.78 is 5.03. The quantitative estimate of drug-likeness (QED) is 0.826. The van der Waals surface area contributed by atoms with Crippen LogP contribution in [0, 0.1) is 11.8 Å². The van der Waals surface area contributed by atoms with Crippen molar-refractivity contribution in [3.63, 3.8) is 0 Å². The van der Waals surface area contributed by atoms with Gasteiger partial charge >= 0.3 is 0 Å². The molecular formula is C12H20N2O. The van der Waals surface area contributed by atoms with Gasteiger partial charge in [-0.15, -0.1) is 0 Å². The van der Waals surface area contributed by atoms with Crippen LogP contribution in [0.1, 0.15) is 38.4 Å². The lowest BCUT2D eigenvalue weighted by atomic mass is 9.82. The first kappa shape index (κ1) is 10.7. The lowest BCUT2D eigenvalue weighted by molar-refractivity contribution is 0.270. The Kier molecular flexibility index (Phi) is 3.78. The SMILES string of the molecule is CC1CCCC(CNCc2ccno2)C1. The fraction of sp³-hybridized carbons (Fsp3) is 0.750. The second kappa shape index (κ2) is 5.31. The minimum atomic E-state index is 0.810. The first-order valence-electron chi connectivity index (χ1n) is 5.95. The summed E-state index contributed by atoms with van der Waals surface area (Å²) in [5.74, 6) is 2.70. The molecule has 0 aromatic carbocycles. The van der Waals surface area contributed by atoms with Crippen LogP contribution in [-0.2, 0) is 6.54 Å². The van der Waals surface area contributed by atoms with E-state index in [1.54, 1.807) is 6.20 Å². The number of nitrogens with one attached hydrogen (secondary N) is 1. The highest BCUT2D eigenvalue weighted by Gasteiger charge is 2.18. The number of hydrogen-bond acceptors (Lipinski definition) is 3. The Balaban J connectivity index is 1.65. The van der Waals surface area contributed by atoms with Gasteiger partial charge in [0.2, 0.25) is 0 Å². The van der Waals surface area contributed by atoms with E-state index < -0.39 is 0 Å². The van der Waals surface area contributed by atoms with Crippen LogP contribution in [-0.4, -0.2) is 11.7 Å². The topological polar surface area (TPSA) is 38.1 Å². The number of hydrogen-bond donors (Lipinski definition) is 1. The molecule has 1 heterocycles. The maximum absolute atomic E-state index is 5.03. The largest absolute Gasteiger partial charge is 0.360 e. The van der Waals surface area contributed by atoms with Crippen LogP contribution in [0.5, 0.6) is 0 Å². The zero-order valence-electron chi connectivity index (χ0n) is 9.41. The van der Waals surface area contributed by atoms with Gasteiger partial charge in [-0.05, 0) is 31.2 Å². The summed E-state index contributed by atoms with van der Waals surface area (Å²) in [6, 6.07) is 1.91. The van der Waals surface area contributed by atoms with E-state index >= 15 is 0 Å². The van der Waals surface area contributed by atoms with E-state index in [9.17, 15) is 0 Å². The molecule has 1 aromatic rings. The smallest absolute Gasteiger partial charge is 0.150 e. The van der Waals surface area contributed by atoms with E-state index in [-0.39, 0.29) is 0 Å². The van der Waals surface area contributed by atoms with Crippen LogP contribution in [0.15, 0.2) is 16.8 Å². The number of aromatic nitrogens is 1. The molecule has 1 N–H and O–H groups in total. The average molecular weight is 208 g/mol. The Morgan fingerprint density at radius 1 is 1.53 bits per heavy atom. The average Bonchev–Trinajstić information content (AvgIpc) is 2.71. The molecule has 2 unspecified atom stereocenters. The van der Waals surface area contributed by atoms with E-state index in [2.05, 4.69) is 17.4 Å². The van der Waals surface area contributed by atoms with Crippen LogP contribution < -0.4 is 5.32 Å². The molecule has 1 aliphatic rings. The van der Waals surface area contributed by atoms with Crippen molar-refractivity contribution in [3.8, 4) is 0 Å². The Morgan fingerprint density at radius 2 is 2.47 bits per heavy atom. The van der Waals surface area contributed by atoms with Gasteiger partial charge in [-0.2, -0.15) is 0 Å². The monoisotopic (exact) mass is 208 g/mol. The minimum Gasteiger partial charge on any atom is -0.360 e. The normalized spacial score (nSPS) is 26.7. The van der Waals surface area contributed by atoms with Gasteiger partial charge in [-0.25, -0.2) is 0 Å². The molecule has 0 aliphatic heterocycles. The van der Waals surface area contributed by atoms with Crippen LogP contribution in [0.2, 0.25) is 0 Å². The van der Waals surface area contributed by atoms with E-state index in [0.717, 1.165) is 30.7 Å². The second-order valence-electron chi connectivity index (χ2n) is 4.75. The highest BCUT2D eigenvalue weighted by Crippen LogP contribution is 2.27. The lowest BCUT2D eigenvalue weighted by Crippen LogP contribution is -2.26. The third-order valence-corrected chi connectivity index (χ3v) is 3.27. The first-order valence-corrected chi connectivity index (χ1v) is 5.95. The molecule has 3 heteroatoms. The summed E-state index contributed by atoms with van der Waals surface area (Å²) in [6.45, 7) is 4.29. The van der Waals surface area contributed by atoms with Crippen molar-refractivity contribution in [1.29, 1.82) is 0 Å². The van der Waals surface area contributed by atoms with Gasteiger partial charge in [-0.1, -0.05) is 24.9 Å². The van der Waals surface area contributed by atoms with Crippen LogP contribution in [0.25, 0.3) is 0 Å². The molecule has 1 aliphatic carbocycles. The van der Waals surface area contributed by atoms with Gasteiger partial charge in [0.05, 0.1) is 12.7 Å². The van der Waals surface area contributed by atoms with E-state index in [1.807, 2.05) is 6.07 Å². The highest BCUT2D eigenvalue weighted by atomic mass is 16.5. The third kappa shape index (κ3) is 3.34. The number of rotatable bonds is 4. The lowest BCUT2D eigenvalue weighted by Gasteiger charge is -2.26. The van der Waals surface area contributed by atoms with Gasteiger partial charge in [0.25, 0.3) is 0 Å². The summed E-state index contributed by atoms with van der Waals surface area (Å²) in [4.78, 5) is 0. The first-order chi connectivity index (χ1) is 7.34. The van der Waals surface area contributed by atoms with E-state index in [1.165, 1.54) is 25.7 Å². The minimum absolute atomic E-state index is 0.810. The van der Waals surface area contributed by atoms with Crippen molar-refractivity contribution in [1.82, 2.24) is 10.5 Å². The standard InChI is InChI=1S/C12H20N2O/c1-10-3-2-4-11(7-10)8-13-9-12-5-6-14-15-12/h5-6,10-11,13H,2-4,7-9H2,1H3. The van der Waals surface area contributed by atoms with Gasteiger partial charge < -0.3 is 9.84 Å². The highest BCUT2D eigenvalue weighted by molar-refractivity contribution is 4.91. The molecule has 2 rings (SSSR count). The van der Waals surface area contributed by atoms with Crippen molar-refractivity contribution in [2.24, 2.45) is 11.8 Å². The predicted octanol–water partition coefficient (Wildman–Crippen LogP) is 2.59. The maximum atomic E-state index is 5.03. The molecule has 0 bridgehead atoms. The van der Waals surface area contributed by atoms with Crippen molar-refractivity contribution >= 4 is 0 Å². The Bertz CT molecular complexity index is 271. The summed E-state index contributed by atoms with van der Waals surface area (Å²) in [5.41, 5.74) is 0. The Hall–Kier alpha value is -0.830. The fourth-order valence-corrected chi connectivity index (χ4v) is 2.48. The van der Waals surface area contributed by atoms with Crippen LogP contribution >= 0.6 is 0 Å². The molecule has 84 valence electrons. The molecular weight excluding hydrogens is 188 g/mol. The Morgan fingerprint density at radius 3 is 3.20 bits per heavy atom. The van der Waals surface area contributed by atoms with Gasteiger partial charge in [0.15, 0.2) is 0 Å². The van der Waals surface area contributed by atoms with Crippen molar-refractivity contribution in [2.75, 3.05) is 6.54 Å². The fourth-order valence-electron chi connectivity index (χ4n) is 2.48. The molecule has 0 saturated heterocycles. The molecule has 0 radical (unpaired) electrons. The maximum Gasteiger partial charge on any atom is 0.150 e. The van der Waals surface area contributed by atoms with E-state index in [4.69, 9.17) is 4.52 Å². The van der Waals surface area contributed by atoms with Crippen LogP contribution in [0.4, 0.5) is 0 Å². The summed E-state index contributed by atoms with van der Waals surface area (Å²) in [6.07, 6.45) is 7.27. The molecule has 1 saturated carbocycles. The molecule has 1 aromatic heterocycles. The molecule has 0 amide bonds. The third-order valence-electron chi connectivity index (χ3n) is 3.27. The second-order valence-corrected chi connectivity index (χ2v) is 4.75. The van der Waals surface area contributed by atoms with Crippen molar-refractivity contribution in [3.05, 3.63) is 18.0 Å². The van der Waals surface area contributed by atoms with E-state index in [0.29, 0.717) is 0 Å². The van der Waals surface area contributed by atoms with Gasteiger partial charge in [0.1, 0.15) is 5.76 Å². The molecule has 2 atom stereocenters. The van der Waals surface area contributed by atoms with Crippen molar-refractivity contribution in [2.45, 2.75) is 39.2 Å². The molecule has 1 fully saturated rings. The molecule has 15 heavy (non-hydrogen) atoms. The molecule has 0 spiro atoms. The summed E-state index contributed by atoms with van der Waals surface area (Å²) >= 11 is 0. The number of nitrogens with zero attached hydrogens (tertiary/aromatic N) is 1. The summed E-state index contributed by atoms with van der Waals surface area (Å²) in [7, 11) is 0. The zero-order chi connectivity index (χ0) is 10.5.